The van der Waals surface area contributed by atoms with Gasteiger partial charge in [-0.3, -0.25) is 9.59 Å². The summed E-state index contributed by atoms with van der Waals surface area (Å²) < 4.78 is 1.03. The molecule has 2 amide bonds. The molecule has 0 aliphatic rings. The van der Waals surface area contributed by atoms with E-state index in [1.54, 1.807) is 24.3 Å². The molecule has 0 heterocycles. The van der Waals surface area contributed by atoms with Crippen molar-refractivity contribution >= 4 is 33.4 Å². The fourth-order valence-corrected chi connectivity index (χ4v) is 2.88. The Morgan fingerprint density at radius 2 is 1.81 bits per heavy atom. The van der Waals surface area contributed by atoms with E-state index in [-0.39, 0.29) is 24.4 Å². The van der Waals surface area contributed by atoms with Crippen molar-refractivity contribution in [3.8, 4) is 0 Å². The van der Waals surface area contributed by atoms with Gasteiger partial charge < -0.3 is 16.0 Å². The van der Waals surface area contributed by atoms with Crippen molar-refractivity contribution in [2.75, 3.05) is 18.4 Å². The van der Waals surface area contributed by atoms with Crippen LogP contribution in [0.4, 0.5) is 5.69 Å². The van der Waals surface area contributed by atoms with E-state index in [1.807, 2.05) is 31.2 Å². The zero-order valence-electron chi connectivity index (χ0n) is 15.0. The number of hydrogen-bond acceptors (Lipinski definition) is 3. The van der Waals surface area contributed by atoms with Crippen molar-refractivity contribution < 1.29 is 9.59 Å². The van der Waals surface area contributed by atoms with Gasteiger partial charge in [-0.25, -0.2) is 0 Å². The molecule has 2 aromatic rings. The molecule has 26 heavy (non-hydrogen) atoms. The summed E-state index contributed by atoms with van der Waals surface area (Å²) in [5.41, 5.74) is 2.28. The van der Waals surface area contributed by atoms with Crippen molar-refractivity contribution in [2.24, 2.45) is 0 Å². The van der Waals surface area contributed by atoms with Crippen molar-refractivity contribution in [1.29, 1.82) is 0 Å². The van der Waals surface area contributed by atoms with E-state index in [0.717, 1.165) is 16.5 Å². The van der Waals surface area contributed by atoms with E-state index in [0.29, 0.717) is 17.8 Å². The molecule has 0 aliphatic heterocycles. The summed E-state index contributed by atoms with van der Waals surface area (Å²) in [5, 5.41) is 8.85. The third-order valence-corrected chi connectivity index (χ3v) is 4.46. The van der Waals surface area contributed by atoms with Gasteiger partial charge in [0, 0.05) is 28.3 Å². The van der Waals surface area contributed by atoms with E-state index in [4.69, 9.17) is 0 Å². The van der Waals surface area contributed by atoms with Gasteiger partial charge in [0.1, 0.15) is 0 Å². The molecule has 0 radical (unpaired) electrons. The largest absolute Gasteiger partial charge is 0.352 e. The van der Waals surface area contributed by atoms with Gasteiger partial charge in [0.15, 0.2) is 0 Å². The van der Waals surface area contributed by atoms with Crippen molar-refractivity contribution in [3.63, 3.8) is 0 Å². The Morgan fingerprint density at radius 3 is 2.46 bits per heavy atom. The minimum Gasteiger partial charge on any atom is -0.352 e. The molecule has 2 rings (SSSR count). The fraction of sp³-hybridized carbons (Fsp3) is 0.300. The summed E-state index contributed by atoms with van der Waals surface area (Å²) >= 11 is 3.43. The lowest BCUT2D eigenvalue weighted by Gasteiger charge is -2.17. The molecule has 0 unspecified atom stereocenters. The van der Waals surface area contributed by atoms with Gasteiger partial charge in [0.2, 0.25) is 5.91 Å². The second-order valence-corrected chi connectivity index (χ2v) is 6.80. The molecule has 0 bridgehead atoms. The molecule has 0 aromatic heterocycles. The zero-order chi connectivity index (χ0) is 18.9. The van der Waals surface area contributed by atoms with Crippen LogP contribution in [0.1, 0.15) is 42.2 Å². The van der Waals surface area contributed by atoms with Gasteiger partial charge in [0.25, 0.3) is 5.91 Å². The summed E-state index contributed by atoms with van der Waals surface area (Å²) in [4.78, 5) is 24.1. The van der Waals surface area contributed by atoms with Crippen LogP contribution >= 0.6 is 15.9 Å². The van der Waals surface area contributed by atoms with Crippen LogP contribution in [-0.2, 0) is 4.79 Å². The van der Waals surface area contributed by atoms with Gasteiger partial charge in [-0.1, -0.05) is 41.1 Å². The number of hydrogen-bond donors (Lipinski definition) is 3. The van der Waals surface area contributed by atoms with Crippen molar-refractivity contribution in [2.45, 2.75) is 26.3 Å². The van der Waals surface area contributed by atoms with Crippen molar-refractivity contribution in [1.82, 2.24) is 10.6 Å². The first-order chi connectivity index (χ1) is 12.5. The smallest absolute Gasteiger partial charge is 0.251 e. The molecule has 0 aliphatic carbocycles. The van der Waals surface area contributed by atoms with Gasteiger partial charge in [-0.15, -0.1) is 0 Å². The highest BCUT2D eigenvalue weighted by molar-refractivity contribution is 9.10. The monoisotopic (exact) mass is 417 g/mol. The average molecular weight is 418 g/mol. The lowest BCUT2D eigenvalue weighted by molar-refractivity contribution is -0.115. The van der Waals surface area contributed by atoms with Crippen LogP contribution in [0.5, 0.6) is 0 Å². The third-order valence-electron chi connectivity index (χ3n) is 3.94. The minimum absolute atomic E-state index is 0.107. The van der Waals surface area contributed by atoms with Crippen LogP contribution in [0.25, 0.3) is 0 Å². The highest BCUT2D eigenvalue weighted by atomic mass is 79.9. The first-order valence-corrected chi connectivity index (χ1v) is 9.49. The summed E-state index contributed by atoms with van der Waals surface area (Å²) in [6.45, 7) is 4.70. The number of nitrogens with one attached hydrogen (secondary N) is 3. The quantitative estimate of drug-likeness (QED) is 0.610. The predicted octanol–water partition coefficient (Wildman–Crippen LogP) is 3.88. The summed E-state index contributed by atoms with van der Waals surface area (Å²) in [7, 11) is 0. The number of anilines is 1. The van der Waals surface area contributed by atoms with Gasteiger partial charge in [0.05, 0.1) is 6.54 Å². The lowest BCUT2D eigenvalue weighted by Crippen LogP contribution is -2.31. The molecular weight excluding hydrogens is 394 g/mol. The Morgan fingerprint density at radius 1 is 1.08 bits per heavy atom. The Labute approximate surface area is 162 Å². The molecule has 0 saturated carbocycles. The van der Waals surface area contributed by atoms with Crippen LogP contribution in [-0.4, -0.2) is 24.9 Å². The molecular formula is C20H24BrN3O2. The number of carbonyl (C=O) groups excluding carboxylic acids is 2. The standard InChI is InChI=1S/C20H24BrN3O2/c1-3-18(14-8-10-16(21)11-9-14)23-13-19(25)24-17-7-5-6-15(12-17)20(26)22-4-2/h5-12,18,23H,3-4,13H2,1-2H3,(H,22,26)(H,24,25)/t18-/m0/s1. The highest BCUT2D eigenvalue weighted by Gasteiger charge is 2.12. The van der Waals surface area contributed by atoms with Gasteiger partial charge in [-0.05, 0) is 49.2 Å². The Kier molecular flexibility index (Phi) is 7.81. The maximum absolute atomic E-state index is 12.2. The lowest BCUT2D eigenvalue weighted by atomic mass is 10.0. The number of amides is 2. The molecule has 5 nitrogen and oxygen atoms in total. The molecule has 1 atom stereocenters. The first kappa shape index (κ1) is 20.1. The minimum atomic E-state index is -0.150. The van der Waals surface area contributed by atoms with Crippen LogP contribution in [0, 0.1) is 0 Å². The van der Waals surface area contributed by atoms with Crippen molar-refractivity contribution in [3.05, 3.63) is 64.1 Å². The van der Waals surface area contributed by atoms with E-state index in [9.17, 15) is 9.59 Å². The maximum Gasteiger partial charge on any atom is 0.251 e. The molecule has 3 N–H and O–H groups in total. The second kappa shape index (κ2) is 10.1. The van der Waals surface area contributed by atoms with Gasteiger partial charge >= 0.3 is 0 Å². The third kappa shape index (κ3) is 5.97. The van der Waals surface area contributed by atoms with E-state index >= 15 is 0 Å². The summed E-state index contributed by atoms with van der Waals surface area (Å²) in [6, 6.07) is 15.1. The molecule has 6 heteroatoms. The van der Waals surface area contributed by atoms with Gasteiger partial charge in [-0.2, -0.15) is 0 Å². The Balaban J connectivity index is 1.92. The fourth-order valence-electron chi connectivity index (χ4n) is 2.61. The number of rotatable bonds is 8. The zero-order valence-corrected chi connectivity index (χ0v) is 16.6. The van der Waals surface area contributed by atoms with Crippen LogP contribution in [0.2, 0.25) is 0 Å². The topological polar surface area (TPSA) is 70.2 Å². The Hall–Kier alpha value is -2.18. The highest BCUT2D eigenvalue weighted by Crippen LogP contribution is 2.19. The molecule has 0 saturated heterocycles. The molecule has 138 valence electrons. The normalized spacial score (nSPS) is 11.7. The number of benzene rings is 2. The van der Waals surface area contributed by atoms with Crippen LogP contribution < -0.4 is 16.0 Å². The van der Waals surface area contributed by atoms with E-state index < -0.39 is 0 Å². The van der Waals surface area contributed by atoms with Crippen LogP contribution in [0.15, 0.2) is 53.0 Å². The summed E-state index contributed by atoms with van der Waals surface area (Å²) in [5.74, 6) is -0.295. The van der Waals surface area contributed by atoms with E-state index in [2.05, 4.69) is 38.8 Å². The van der Waals surface area contributed by atoms with E-state index in [1.165, 1.54) is 0 Å². The van der Waals surface area contributed by atoms with Crippen LogP contribution in [0.3, 0.4) is 0 Å². The second-order valence-electron chi connectivity index (χ2n) is 5.88. The predicted molar refractivity (Wildman–Crippen MR) is 108 cm³/mol. The molecule has 0 spiro atoms. The Bertz CT molecular complexity index is 747. The summed E-state index contributed by atoms with van der Waals surface area (Å²) in [6.07, 6.45) is 0.877. The average Bonchev–Trinajstić information content (AvgIpc) is 2.64. The molecule has 0 fully saturated rings. The number of carbonyl (C=O) groups is 2. The molecule has 2 aromatic carbocycles. The SMILES string of the molecule is CCNC(=O)c1cccc(NC(=O)CN[C@@H](CC)c2ccc(Br)cc2)c1. The first-order valence-electron chi connectivity index (χ1n) is 8.70. The maximum atomic E-state index is 12.2. The number of halogens is 1.